The van der Waals surface area contributed by atoms with E-state index in [1.54, 1.807) is 0 Å². The maximum absolute atomic E-state index is 6.09. The third-order valence-electron chi connectivity index (χ3n) is 3.50. The average molecular weight is 296 g/mol. The van der Waals surface area contributed by atoms with Crippen molar-refractivity contribution in [1.29, 1.82) is 0 Å². The molecule has 1 aliphatic rings. The topological polar surface area (TPSA) is 50.8 Å². The van der Waals surface area contributed by atoms with Gasteiger partial charge in [0.1, 0.15) is 11.9 Å². The summed E-state index contributed by atoms with van der Waals surface area (Å²) in [5.41, 5.74) is 5.98. The lowest BCUT2D eigenvalue weighted by molar-refractivity contribution is 0.205. The van der Waals surface area contributed by atoms with Gasteiger partial charge >= 0.3 is 0 Å². The number of nitrogens with zero attached hydrogens (tertiary/aromatic N) is 2. The normalized spacial score (nSPS) is 16.9. The van der Waals surface area contributed by atoms with Gasteiger partial charge in [-0.1, -0.05) is 30.7 Å². The molecule has 0 amide bonds. The summed E-state index contributed by atoms with van der Waals surface area (Å²) in [6.45, 7) is 2.61. The SMILES string of the molecule is CCC(CN=C(N)N(C)C1CC1)Oc1ccccc1Cl. The highest BCUT2D eigenvalue weighted by Crippen LogP contribution is 2.26. The summed E-state index contributed by atoms with van der Waals surface area (Å²) >= 11 is 6.09. The maximum atomic E-state index is 6.09. The molecule has 1 aromatic carbocycles. The summed E-state index contributed by atoms with van der Waals surface area (Å²) in [6, 6.07) is 8.06. The predicted molar refractivity (Wildman–Crippen MR) is 83.4 cm³/mol. The molecule has 0 radical (unpaired) electrons. The predicted octanol–water partition coefficient (Wildman–Crippen LogP) is 2.91. The van der Waals surface area contributed by atoms with Crippen LogP contribution in [0, 0.1) is 0 Å². The van der Waals surface area contributed by atoms with E-state index in [1.807, 2.05) is 36.2 Å². The Kier molecular flexibility index (Phi) is 5.12. The standard InChI is InChI=1S/C15H22ClN3O/c1-3-12(20-14-7-5-4-6-13(14)16)10-18-15(17)19(2)11-8-9-11/h4-7,11-12H,3,8-10H2,1-2H3,(H2,17,18). The highest BCUT2D eigenvalue weighted by molar-refractivity contribution is 6.32. The quantitative estimate of drug-likeness (QED) is 0.648. The molecule has 0 heterocycles. The van der Waals surface area contributed by atoms with Crippen LogP contribution >= 0.6 is 11.6 Å². The number of benzene rings is 1. The lowest BCUT2D eigenvalue weighted by Gasteiger charge is -2.20. The Bertz CT molecular complexity index is 474. The Morgan fingerprint density at radius 3 is 2.80 bits per heavy atom. The Balaban J connectivity index is 1.92. The zero-order valence-electron chi connectivity index (χ0n) is 12.1. The number of guanidine groups is 1. The molecule has 0 saturated heterocycles. The van der Waals surface area contributed by atoms with Crippen LogP contribution in [0.25, 0.3) is 0 Å². The van der Waals surface area contributed by atoms with Crippen LogP contribution in [0.4, 0.5) is 0 Å². The first-order chi connectivity index (χ1) is 9.61. The monoisotopic (exact) mass is 295 g/mol. The van der Waals surface area contributed by atoms with Crippen LogP contribution < -0.4 is 10.5 Å². The molecule has 5 heteroatoms. The van der Waals surface area contributed by atoms with Crippen LogP contribution in [0.1, 0.15) is 26.2 Å². The minimum atomic E-state index is -0.0129. The van der Waals surface area contributed by atoms with Crippen molar-refractivity contribution < 1.29 is 4.74 Å². The summed E-state index contributed by atoms with van der Waals surface area (Å²) in [5, 5.41) is 0.623. The first-order valence-corrected chi connectivity index (χ1v) is 7.43. The lowest BCUT2D eigenvalue weighted by atomic mass is 10.2. The van der Waals surface area contributed by atoms with Crippen molar-refractivity contribution in [2.45, 2.75) is 38.3 Å². The molecular weight excluding hydrogens is 274 g/mol. The Hall–Kier alpha value is -1.42. The van der Waals surface area contributed by atoms with Gasteiger partial charge in [-0.3, -0.25) is 0 Å². The summed E-state index contributed by atoms with van der Waals surface area (Å²) in [5.74, 6) is 1.29. The number of nitrogens with two attached hydrogens (primary N) is 1. The number of halogens is 1. The van der Waals surface area contributed by atoms with Gasteiger partial charge in [0.05, 0.1) is 11.6 Å². The third-order valence-corrected chi connectivity index (χ3v) is 3.81. The second-order valence-corrected chi connectivity index (χ2v) is 5.53. The van der Waals surface area contributed by atoms with Crippen molar-refractivity contribution in [3.8, 4) is 5.75 Å². The molecular formula is C15H22ClN3O. The zero-order chi connectivity index (χ0) is 14.5. The van der Waals surface area contributed by atoms with Crippen molar-refractivity contribution in [3.05, 3.63) is 29.3 Å². The van der Waals surface area contributed by atoms with E-state index < -0.39 is 0 Å². The van der Waals surface area contributed by atoms with Gasteiger partial charge in [0.25, 0.3) is 0 Å². The summed E-state index contributed by atoms with van der Waals surface area (Å²) < 4.78 is 5.89. The molecule has 4 nitrogen and oxygen atoms in total. The zero-order valence-corrected chi connectivity index (χ0v) is 12.8. The largest absolute Gasteiger partial charge is 0.487 e. The molecule has 0 aliphatic heterocycles. The minimum Gasteiger partial charge on any atom is -0.487 e. The molecule has 0 spiro atoms. The highest BCUT2D eigenvalue weighted by atomic mass is 35.5. The summed E-state index contributed by atoms with van der Waals surface area (Å²) in [7, 11) is 1.99. The molecule has 1 fully saturated rings. The molecule has 20 heavy (non-hydrogen) atoms. The van der Waals surface area contributed by atoms with Gasteiger partial charge in [0, 0.05) is 13.1 Å². The van der Waals surface area contributed by atoms with Crippen molar-refractivity contribution in [1.82, 2.24) is 4.90 Å². The molecule has 1 atom stereocenters. The fourth-order valence-corrected chi connectivity index (χ4v) is 2.11. The van der Waals surface area contributed by atoms with Crippen LogP contribution in [-0.2, 0) is 0 Å². The highest BCUT2D eigenvalue weighted by Gasteiger charge is 2.27. The van der Waals surface area contributed by atoms with Crippen LogP contribution in [0.3, 0.4) is 0 Å². The van der Waals surface area contributed by atoms with E-state index >= 15 is 0 Å². The Morgan fingerprint density at radius 2 is 2.20 bits per heavy atom. The molecule has 1 aliphatic carbocycles. The first-order valence-electron chi connectivity index (χ1n) is 7.05. The van der Waals surface area contributed by atoms with Crippen LogP contribution in [0.5, 0.6) is 5.75 Å². The smallest absolute Gasteiger partial charge is 0.191 e. The van der Waals surface area contributed by atoms with E-state index in [-0.39, 0.29) is 6.10 Å². The Morgan fingerprint density at radius 1 is 1.50 bits per heavy atom. The Labute approximate surface area is 125 Å². The maximum Gasteiger partial charge on any atom is 0.191 e. The van der Waals surface area contributed by atoms with Gasteiger partial charge in [-0.05, 0) is 31.4 Å². The van der Waals surface area contributed by atoms with Gasteiger partial charge < -0.3 is 15.4 Å². The van der Waals surface area contributed by atoms with Crippen molar-refractivity contribution in [2.75, 3.05) is 13.6 Å². The van der Waals surface area contributed by atoms with Crippen LogP contribution in [-0.4, -0.2) is 36.6 Å². The van der Waals surface area contributed by atoms with Crippen LogP contribution in [0.15, 0.2) is 29.3 Å². The molecule has 0 bridgehead atoms. The van der Waals surface area contributed by atoms with Crippen molar-refractivity contribution in [3.63, 3.8) is 0 Å². The molecule has 110 valence electrons. The fourth-order valence-electron chi connectivity index (χ4n) is 1.93. The molecule has 1 unspecified atom stereocenters. The average Bonchev–Trinajstić information content (AvgIpc) is 3.28. The number of aliphatic imine (C=N–C) groups is 1. The van der Waals surface area contributed by atoms with Gasteiger partial charge in [0.15, 0.2) is 5.96 Å². The van der Waals surface area contributed by atoms with Crippen LogP contribution in [0.2, 0.25) is 5.02 Å². The number of rotatable bonds is 6. The van der Waals surface area contributed by atoms with E-state index in [9.17, 15) is 0 Å². The summed E-state index contributed by atoms with van der Waals surface area (Å²) in [6.07, 6.45) is 3.26. The molecule has 1 saturated carbocycles. The summed E-state index contributed by atoms with van der Waals surface area (Å²) in [4.78, 5) is 6.48. The van der Waals surface area contributed by atoms with Gasteiger partial charge in [-0.15, -0.1) is 0 Å². The minimum absolute atomic E-state index is 0.0129. The van der Waals surface area contributed by atoms with E-state index in [0.29, 0.717) is 29.3 Å². The number of ether oxygens (including phenoxy) is 1. The molecule has 2 rings (SSSR count). The fraction of sp³-hybridized carbons (Fsp3) is 0.533. The van der Waals surface area contributed by atoms with Gasteiger partial charge in [0.2, 0.25) is 0 Å². The second-order valence-electron chi connectivity index (χ2n) is 5.12. The first kappa shape index (κ1) is 15.0. The van der Waals surface area contributed by atoms with E-state index in [1.165, 1.54) is 12.8 Å². The molecule has 1 aromatic rings. The lowest BCUT2D eigenvalue weighted by Crippen LogP contribution is -2.36. The molecule has 2 N–H and O–H groups in total. The van der Waals surface area contributed by atoms with Gasteiger partial charge in [-0.25, -0.2) is 4.99 Å². The van der Waals surface area contributed by atoms with E-state index in [4.69, 9.17) is 22.1 Å². The number of hydrogen-bond donors (Lipinski definition) is 1. The third kappa shape index (κ3) is 4.04. The van der Waals surface area contributed by atoms with Crippen molar-refractivity contribution >= 4 is 17.6 Å². The number of hydrogen-bond acceptors (Lipinski definition) is 2. The second kappa shape index (κ2) is 6.84. The van der Waals surface area contributed by atoms with E-state index in [0.717, 1.165) is 6.42 Å². The van der Waals surface area contributed by atoms with Crippen molar-refractivity contribution in [2.24, 2.45) is 10.7 Å². The van der Waals surface area contributed by atoms with Gasteiger partial charge in [-0.2, -0.15) is 0 Å². The number of para-hydroxylation sites is 1. The van der Waals surface area contributed by atoms with E-state index in [2.05, 4.69) is 11.9 Å². The molecule has 0 aromatic heterocycles.